The molecule has 2 amide bonds. The molecule has 3 rings (SSSR count). The second-order valence-electron chi connectivity index (χ2n) is 5.52. The van der Waals surface area contributed by atoms with Crippen molar-refractivity contribution >= 4 is 46.7 Å². The van der Waals surface area contributed by atoms with Crippen LogP contribution in [-0.4, -0.2) is 31.6 Å². The summed E-state index contributed by atoms with van der Waals surface area (Å²) in [6, 6.07) is 7.25. The number of nitrogens with zero attached hydrogens (tertiary/aromatic N) is 4. The Hall–Kier alpha value is -2.97. The Labute approximate surface area is 164 Å². The molecule has 0 aliphatic carbocycles. The van der Waals surface area contributed by atoms with Crippen molar-refractivity contribution in [1.29, 1.82) is 0 Å². The fourth-order valence-corrected chi connectivity index (χ4v) is 2.33. The number of halogens is 2. The molecule has 27 heavy (non-hydrogen) atoms. The molecule has 3 aromatic rings. The molecule has 0 fully saturated rings. The number of carbonyl (C=O) groups is 2. The maximum absolute atomic E-state index is 12.3. The highest BCUT2D eigenvalue weighted by atomic mass is 35.5. The van der Waals surface area contributed by atoms with Crippen molar-refractivity contribution in [2.75, 3.05) is 10.6 Å². The molecular formula is C17H14Cl2N6O2. The Kier molecular flexibility index (Phi) is 5.68. The predicted octanol–water partition coefficient (Wildman–Crippen LogP) is 3.43. The van der Waals surface area contributed by atoms with Gasteiger partial charge in [-0.05, 0) is 37.3 Å². The summed E-state index contributed by atoms with van der Waals surface area (Å²) in [6.45, 7) is 1.65. The first kappa shape index (κ1) is 18.8. The van der Waals surface area contributed by atoms with E-state index in [4.69, 9.17) is 23.2 Å². The first-order valence-corrected chi connectivity index (χ1v) is 8.58. The van der Waals surface area contributed by atoms with E-state index in [0.717, 1.165) is 0 Å². The van der Waals surface area contributed by atoms with Gasteiger partial charge in [0.05, 0.1) is 10.0 Å². The largest absolute Gasteiger partial charge is 0.309 e. The lowest BCUT2D eigenvalue weighted by atomic mass is 10.3. The molecule has 1 atom stereocenters. The summed E-state index contributed by atoms with van der Waals surface area (Å²) < 4.78 is 1.38. The van der Waals surface area contributed by atoms with Gasteiger partial charge in [-0.15, -0.1) is 0 Å². The third-order valence-corrected chi connectivity index (χ3v) is 4.01. The zero-order valence-electron chi connectivity index (χ0n) is 14.1. The lowest BCUT2D eigenvalue weighted by Gasteiger charge is -2.12. The van der Waals surface area contributed by atoms with E-state index in [1.54, 1.807) is 37.4 Å². The topological polar surface area (TPSA) is 102 Å². The number of hydrogen-bond donors (Lipinski definition) is 2. The Bertz CT molecular complexity index is 956. The van der Waals surface area contributed by atoms with Crippen LogP contribution in [0.5, 0.6) is 0 Å². The summed E-state index contributed by atoms with van der Waals surface area (Å²) >= 11 is 11.5. The van der Waals surface area contributed by atoms with E-state index in [0.29, 0.717) is 21.7 Å². The molecule has 138 valence electrons. The number of nitrogens with one attached hydrogen (secondary N) is 2. The third-order valence-electron chi connectivity index (χ3n) is 3.56. The van der Waals surface area contributed by atoms with Gasteiger partial charge in [0, 0.05) is 18.6 Å². The molecule has 0 saturated heterocycles. The number of anilines is 2. The average molecular weight is 405 g/mol. The first-order valence-electron chi connectivity index (χ1n) is 7.83. The van der Waals surface area contributed by atoms with Crippen molar-refractivity contribution in [3.63, 3.8) is 0 Å². The Balaban J connectivity index is 1.64. The number of carbonyl (C=O) groups excluding carboxylic acids is 2. The van der Waals surface area contributed by atoms with Crippen molar-refractivity contribution in [2.45, 2.75) is 13.0 Å². The molecule has 0 spiro atoms. The molecule has 0 aliphatic rings. The fraction of sp³-hybridized carbons (Fsp3) is 0.118. The molecule has 0 aliphatic heterocycles. The molecule has 0 saturated carbocycles. The van der Waals surface area contributed by atoms with Crippen molar-refractivity contribution in [3.05, 3.63) is 64.7 Å². The number of amides is 2. The molecule has 8 nitrogen and oxygen atoms in total. The van der Waals surface area contributed by atoms with Crippen LogP contribution < -0.4 is 10.6 Å². The van der Waals surface area contributed by atoms with Crippen LogP contribution in [0.25, 0.3) is 0 Å². The van der Waals surface area contributed by atoms with Crippen molar-refractivity contribution in [3.8, 4) is 0 Å². The molecule has 0 aromatic carbocycles. The van der Waals surface area contributed by atoms with Crippen LogP contribution in [0, 0.1) is 0 Å². The van der Waals surface area contributed by atoms with Crippen molar-refractivity contribution in [1.82, 2.24) is 19.7 Å². The average Bonchev–Trinajstić information content (AvgIpc) is 3.15. The van der Waals surface area contributed by atoms with E-state index < -0.39 is 11.9 Å². The maximum atomic E-state index is 12.3. The van der Waals surface area contributed by atoms with Crippen LogP contribution in [0.15, 0.2) is 48.9 Å². The Morgan fingerprint density at radius 3 is 2.11 bits per heavy atom. The molecule has 1 unspecified atom stereocenters. The quantitative estimate of drug-likeness (QED) is 0.677. The molecule has 0 radical (unpaired) electrons. The highest BCUT2D eigenvalue weighted by molar-refractivity contribution is 6.30. The zero-order chi connectivity index (χ0) is 19.4. The van der Waals surface area contributed by atoms with Gasteiger partial charge in [-0.2, -0.15) is 5.10 Å². The summed E-state index contributed by atoms with van der Waals surface area (Å²) in [5.74, 6) is -0.0662. The van der Waals surface area contributed by atoms with E-state index in [2.05, 4.69) is 25.7 Å². The van der Waals surface area contributed by atoms with Gasteiger partial charge in [-0.1, -0.05) is 23.2 Å². The van der Waals surface area contributed by atoms with Gasteiger partial charge in [-0.3, -0.25) is 14.3 Å². The third kappa shape index (κ3) is 4.81. The standard InChI is InChI=1S/C17H14Cl2N6O2/c1-10(16(26)22-14-4-2-11(18)8-20-14)25-7-6-13(24-25)17(27)23-15-5-3-12(19)9-21-15/h2-10H,1H3,(H,20,22,26)(H,21,23,27). The van der Waals surface area contributed by atoms with E-state index in [1.807, 2.05) is 0 Å². The number of hydrogen-bond acceptors (Lipinski definition) is 5. The number of aromatic nitrogens is 4. The summed E-state index contributed by atoms with van der Waals surface area (Å²) in [7, 11) is 0. The molecule has 3 aromatic heterocycles. The molecule has 10 heteroatoms. The SMILES string of the molecule is CC(C(=O)Nc1ccc(Cl)cn1)n1ccc(C(=O)Nc2ccc(Cl)cn2)n1. The summed E-state index contributed by atoms with van der Waals surface area (Å²) in [5.41, 5.74) is 0.149. The van der Waals surface area contributed by atoms with Crippen molar-refractivity contribution < 1.29 is 9.59 Å². The van der Waals surface area contributed by atoms with Gasteiger partial charge in [0.25, 0.3) is 5.91 Å². The summed E-state index contributed by atoms with van der Waals surface area (Å²) in [4.78, 5) is 32.6. The van der Waals surface area contributed by atoms with E-state index in [9.17, 15) is 9.59 Å². The van der Waals surface area contributed by atoms with Crippen LogP contribution in [0.3, 0.4) is 0 Å². The van der Waals surface area contributed by atoms with Gasteiger partial charge in [0.15, 0.2) is 5.69 Å². The highest BCUT2D eigenvalue weighted by Crippen LogP contribution is 2.14. The van der Waals surface area contributed by atoms with Crippen molar-refractivity contribution in [2.24, 2.45) is 0 Å². The molecular weight excluding hydrogens is 391 g/mol. The fourth-order valence-electron chi connectivity index (χ4n) is 2.11. The van der Waals surface area contributed by atoms with Crippen LogP contribution >= 0.6 is 23.2 Å². The van der Waals surface area contributed by atoms with Crippen LogP contribution in [0.4, 0.5) is 11.6 Å². The molecule has 3 heterocycles. The lowest BCUT2D eigenvalue weighted by Crippen LogP contribution is -2.25. The predicted molar refractivity (Wildman–Crippen MR) is 102 cm³/mol. The Morgan fingerprint density at radius 1 is 0.963 bits per heavy atom. The van der Waals surface area contributed by atoms with E-state index in [1.165, 1.54) is 23.1 Å². The maximum Gasteiger partial charge on any atom is 0.277 e. The summed E-state index contributed by atoms with van der Waals surface area (Å²) in [5, 5.41) is 10.3. The second kappa shape index (κ2) is 8.15. The van der Waals surface area contributed by atoms with Gasteiger partial charge >= 0.3 is 0 Å². The first-order chi connectivity index (χ1) is 12.9. The lowest BCUT2D eigenvalue weighted by molar-refractivity contribution is -0.119. The second-order valence-corrected chi connectivity index (χ2v) is 6.40. The van der Waals surface area contributed by atoms with Gasteiger partial charge in [-0.25, -0.2) is 9.97 Å². The van der Waals surface area contributed by atoms with Crippen LogP contribution in [-0.2, 0) is 4.79 Å². The molecule has 0 bridgehead atoms. The van der Waals surface area contributed by atoms with Gasteiger partial charge in [0.2, 0.25) is 5.91 Å². The monoisotopic (exact) mass is 404 g/mol. The number of pyridine rings is 2. The van der Waals surface area contributed by atoms with Gasteiger partial charge in [0.1, 0.15) is 17.7 Å². The summed E-state index contributed by atoms with van der Waals surface area (Å²) in [6.07, 6.45) is 4.40. The van der Waals surface area contributed by atoms with E-state index >= 15 is 0 Å². The smallest absolute Gasteiger partial charge is 0.277 e. The van der Waals surface area contributed by atoms with Crippen LogP contribution in [0.1, 0.15) is 23.5 Å². The minimum atomic E-state index is -0.655. The number of rotatable bonds is 5. The normalized spacial score (nSPS) is 11.7. The zero-order valence-corrected chi connectivity index (χ0v) is 15.6. The minimum Gasteiger partial charge on any atom is -0.309 e. The Morgan fingerprint density at radius 2 is 1.56 bits per heavy atom. The highest BCUT2D eigenvalue weighted by Gasteiger charge is 2.19. The van der Waals surface area contributed by atoms with Crippen LogP contribution in [0.2, 0.25) is 10.0 Å². The van der Waals surface area contributed by atoms with Gasteiger partial charge < -0.3 is 10.6 Å². The molecule has 2 N–H and O–H groups in total. The minimum absolute atomic E-state index is 0.149. The van der Waals surface area contributed by atoms with E-state index in [-0.39, 0.29) is 11.6 Å².